The summed E-state index contributed by atoms with van der Waals surface area (Å²) in [6.07, 6.45) is 0. The lowest BCUT2D eigenvalue weighted by Gasteiger charge is -2.32. The topological polar surface area (TPSA) is 145 Å². The van der Waals surface area contributed by atoms with Gasteiger partial charge in [-0.3, -0.25) is 0 Å². The van der Waals surface area contributed by atoms with Crippen molar-refractivity contribution in [2.75, 3.05) is 0 Å². The Morgan fingerprint density at radius 2 is 0.338 bits per heavy atom. The summed E-state index contributed by atoms with van der Waals surface area (Å²) in [6, 6.07) is 80.2. The molecule has 0 radical (unpaired) electrons. The van der Waals surface area contributed by atoms with E-state index < -0.39 is 37.4 Å². The van der Waals surface area contributed by atoms with E-state index in [1.54, 1.807) is 218 Å². The maximum absolute atomic E-state index is 8.17. The zero-order valence-electron chi connectivity index (χ0n) is 39.0. The number of hydrogen-bond acceptors (Lipinski definition) is 14. The van der Waals surface area contributed by atoms with Crippen LogP contribution in [0.25, 0.3) is 0 Å². The van der Waals surface area contributed by atoms with Crippen molar-refractivity contribution < 1.29 is 40.7 Å². The van der Waals surface area contributed by atoms with E-state index in [2.05, 4.69) is 0 Å². The highest BCUT2D eigenvalue weighted by Crippen LogP contribution is 2.80. The van der Waals surface area contributed by atoms with Crippen molar-refractivity contribution in [1.82, 2.24) is 0 Å². The van der Waals surface area contributed by atoms with Crippen LogP contribution in [0.1, 0.15) is 0 Å². The smallest absolute Gasteiger partial charge is 0.431 e. The molecule has 1 unspecified atom stereocenters. The number of rotatable bonds is 18. The molecule has 0 saturated heterocycles. The molecule has 0 fully saturated rings. The Balaban J connectivity index is 1.47. The Morgan fingerprint density at radius 3 is 0.527 bits per heavy atom. The predicted octanol–water partition coefficient (Wildman–Crippen LogP) is 19.7. The molecule has 10 rings (SSSR count). The molecule has 9 aromatic carbocycles. The van der Waals surface area contributed by atoms with Crippen LogP contribution < -0.4 is 40.7 Å². The molecule has 0 saturated carbocycles. The van der Waals surface area contributed by atoms with Crippen molar-refractivity contribution >= 4 is 48.7 Å². The van der Waals surface area contributed by atoms with Crippen LogP contribution in [0.5, 0.6) is 51.7 Å². The summed E-state index contributed by atoms with van der Waals surface area (Å²) in [6.45, 7) is -4.53. The Morgan fingerprint density at radius 1 is 0.189 bits per heavy atom. The van der Waals surface area contributed by atoms with Gasteiger partial charge in [0.1, 0.15) is 51.7 Å². The lowest BCUT2D eigenvalue weighted by Crippen LogP contribution is -2.09. The van der Waals surface area contributed by atoms with E-state index in [9.17, 15) is 0 Å². The molecule has 1 aliphatic heterocycles. The second-order valence-corrected chi connectivity index (χ2v) is 26.9. The number of hydrogen-bond donors (Lipinski definition) is 0. The summed E-state index contributed by atoms with van der Waals surface area (Å²) in [5, 5.41) is 0. The summed E-state index contributed by atoms with van der Waals surface area (Å²) < 4.78 is 92.0. The first-order valence-electron chi connectivity index (χ1n) is 22.8. The zero-order valence-corrected chi connectivity index (χ0v) is 44.2. The summed E-state index contributed by atoms with van der Waals surface area (Å²) in [5.41, 5.74) is 0. The molecular weight excluding hydrogens is 1050 g/mol. The van der Waals surface area contributed by atoms with Gasteiger partial charge in [0.05, 0.1) is 0 Å². The first-order chi connectivity index (χ1) is 36.2. The molecule has 0 N–H and O–H groups in total. The fraction of sp³-hybridized carbons (Fsp3) is 0. The van der Waals surface area contributed by atoms with Gasteiger partial charge in [-0.2, -0.15) is 0 Å². The summed E-state index contributed by atoms with van der Waals surface area (Å²) in [4.78, 5) is 0. The maximum atomic E-state index is 8.17. The molecule has 0 amide bonds. The second kappa shape index (κ2) is 23.2. The molecule has 1 aliphatic rings. The molecule has 20 heteroatoms. The molecule has 372 valence electrons. The van der Waals surface area contributed by atoms with Crippen LogP contribution in [-0.4, -0.2) is 0 Å². The first-order valence-corrected chi connectivity index (χ1v) is 31.5. The zero-order chi connectivity index (χ0) is 50.4. The molecular formula is C54H45ClN5O9P5. The number of benzene rings is 9. The van der Waals surface area contributed by atoms with Crippen molar-refractivity contribution in [3.8, 4) is 51.7 Å². The summed E-state index contributed by atoms with van der Waals surface area (Å²) in [7, 11) is -18.6. The van der Waals surface area contributed by atoms with Crippen LogP contribution in [0.4, 0.5) is 0 Å². The van der Waals surface area contributed by atoms with Crippen LogP contribution in [0.2, 0.25) is 0 Å². The Labute approximate surface area is 434 Å². The van der Waals surface area contributed by atoms with Crippen LogP contribution in [-0.2, 0) is 0 Å². The van der Waals surface area contributed by atoms with E-state index >= 15 is 0 Å². The molecule has 14 nitrogen and oxygen atoms in total. The van der Waals surface area contributed by atoms with Gasteiger partial charge in [0.2, 0.25) is 0 Å². The molecule has 0 bridgehead atoms. The number of para-hydroxylation sites is 9. The third kappa shape index (κ3) is 13.4. The summed E-state index contributed by atoms with van der Waals surface area (Å²) >= 11 is 8.17. The number of nitrogens with zero attached hydrogens (tertiary/aromatic N) is 5. The molecule has 0 spiro atoms. The minimum Gasteiger partial charge on any atom is -0.431 e. The lowest BCUT2D eigenvalue weighted by atomic mass is 10.3. The SMILES string of the molecule is ClP1(Oc2ccccc2)=NP(Oc2ccccc2)(Oc2ccccc2)=NP(Oc2ccccc2)(Oc2ccccc2)=NP(Oc2ccccc2)(Oc2ccccc2)=NP(Oc2ccccc2)(Oc2ccccc2)=N1. The molecule has 74 heavy (non-hydrogen) atoms. The average Bonchev–Trinajstić information content (AvgIpc) is 3.41. The van der Waals surface area contributed by atoms with E-state index in [0.717, 1.165) is 0 Å². The Kier molecular flexibility index (Phi) is 15.7. The van der Waals surface area contributed by atoms with E-state index in [4.69, 9.17) is 74.5 Å². The van der Waals surface area contributed by atoms with Gasteiger partial charge in [0, 0.05) is 0 Å². The minimum absolute atomic E-state index is 0.268. The van der Waals surface area contributed by atoms with Crippen LogP contribution in [0.15, 0.2) is 296 Å². The monoisotopic (exact) mass is 1100 g/mol. The fourth-order valence-electron chi connectivity index (χ4n) is 6.76. The molecule has 0 aliphatic carbocycles. The first kappa shape index (κ1) is 50.2. The maximum Gasteiger partial charge on any atom is 0.460 e. The van der Waals surface area contributed by atoms with Crippen molar-refractivity contribution in [1.29, 1.82) is 0 Å². The quantitative estimate of drug-likeness (QED) is 0.0767. The largest absolute Gasteiger partial charge is 0.460 e. The summed E-state index contributed by atoms with van der Waals surface area (Å²) in [5.74, 6) is 2.46. The van der Waals surface area contributed by atoms with Gasteiger partial charge >= 0.3 is 37.4 Å². The molecule has 1 heterocycles. The van der Waals surface area contributed by atoms with Gasteiger partial charge in [-0.25, -0.2) is 0 Å². The van der Waals surface area contributed by atoms with Crippen LogP contribution in [0, 0.1) is 0 Å². The van der Waals surface area contributed by atoms with Gasteiger partial charge < -0.3 is 40.7 Å². The Bertz CT molecular complexity index is 3200. The third-order valence-electron chi connectivity index (χ3n) is 9.83. The molecule has 0 aromatic heterocycles. The van der Waals surface area contributed by atoms with E-state index in [1.807, 2.05) is 54.6 Å². The third-order valence-corrected chi connectivity index (χ3v) is 24.3. The second-order valence-electron chi connectivity index (χ2n) is 15.5. The van der Waals surface area contributed by atoms with Crippen LogP contribution in [0.3, 0.4) is 0 Å². The fourth-order valence-corrected chi connectivity index (χ4v) is 22.9. The predicted molar refractivity (Wildman–Crippen MR) is 296 cm³/mol. The van der Waals surface area contributed by atoms with Crippen molar-refractivity contribution in [2.24, 2.45) is 22.6 Å². The standard InChI is InChI=1S/C54H45ClN5O9P5/c55-70(61-46-28-10-1-11-29-46)56-71(62-47-30-12-2-13-31-47,63-48-32-14-3-15-33-48)58-73(66-51-38-20-6-21-39-51,67-52-40-22-7-23-41-52)60-74(68-53-42-24-8-25-43-53,69-54-44-26-9-27-45-54)59-72(57-70,64-49-34-16-4-17-35-49)65-50-36-18-5-19-37-50/h1-45H. The Hall–Kier alpha value is -7.38. The average molecular weight is 1100 g/mol. The van der Waals surface area contributed by atoms with Gasteiger partial charge in [0.25, 0.3) is 0 Å². The van der Waals surface area contributed by atoms with E-state index in [1.165, 1.54) is 0 Å². The van der Waals surface area contributed by atoms with Gasteiger partial charge in [-0.1, -0.05) is 177 Å². The lowest BCUT2D eigenvalue weighted by molar-refractivity contribution is 0.450. The minimum atomic E-state index is -4.67. The molecule has 1 atom stereocenters. The highest BCUT2D eigenvalue weighted by atomic mass is 35.7. The van der Waals surface area contributed by atoms with Crippen molar-refractivity contribution in [2.45, 2.75) is 0 Å². The van der Waals surface area contributed by atoms with Gasteiger partial charge in [-0.05, 0) is 120 Å². The highest BCUT2D eigenvalue weighted by molar-refractivity contribution is 7.93. The normalized spacial score (nSPS) is 16.9. The van der Waals surface area contributed by atoms with Crippen molar-refractivity contribution in [3.05, 3.63) is 273 Å². The molecule has 9 aromatic rings. The van der Waals surface area contributed by atoms with E-state index in [0.29, 0.717) is 0 Å². The van der Waals surface area contributed by atoms with Gasteiger partial charge in [-0.15, -0.1) is 9.03 Å². The van der Waals surface area contributed by atoms with Crippen molar-refractivity contribution in [3.63, 3.8) is 0 Å². The van der Waals surface area contributed by atoms with Crippen LogP contribution >= 0.6 is 48.7 Å². The van der Waals surface area contributed by atoms with E-state index in [-0.39, 0.29) is 51.7 Å². The number of halogens is 1. The highest BCUT2D eigenvalue weighted by Gasteiger charge is 2.48. The van der Waals surface area contributed by atoms with Gasteiger partial charge in [0.15, 0.2) is 0 Å².